The van der Waals surface area contributed by atoms with Crippen molar-refractivity contribution in [3.8, 4) is 0 Å². The Kier molecular flexibility index (Phi) is 5.09. The molecule has 0 saturated carbocycles. The highest BCUT2D eigenvalue weighted by molar-refractivity contribution is 9.10. The van der Waals surface area contributed by atoms with Gasteiger partial charge in [0.15, 0.2) is 0 Å². The lowest BCUT2D eigenvalue weighted by atomic mass is 9.90. The van der Waals surface area contributed by atoms with Crippen molar-refractivity contribution in [1.29, 1.82) is 0 Å². The fraction of sp³-hybridized carbons (Fsp3) is 0.733. The van der Waals surface area contributed by atoms with Crippen molar-refractivity contribution in [3.05, 3.63) is 21.0 Å². The average molecular weight is 357 g/mol. The summed E-state index contributed by atoms with van der Waals surface area (Å²) < 4.78 is 2.17. The number of nitrogens with zero attached hydrogens (tertiary/aromatic N) is 3. The van der Waals surface area contributed by atoms with E-state index in [0.717, 1.165) is 31.6 Å². The van der Waals surface area contributed by atoms with Crippen LogP contribution in [0.15, 0.2) is 15.5 Å². The molecule has 2 heterocycles. The molecule has 5 nitrogen and oxygen atoms in total. The van der Waals surface area contributed by atoms with Crippen LogP contribution in [0.5, 0.6) is 0 Å². The number of aromatic nitrogens is 2. The summed E-state index contributed by atoms with van der Waals surface area (Å²) in [4.78, 5) is 14.6. The number of hydrogen-bond donors (Lipinski definition) is 1. The molecule has 1 aliphatic rings. The van der Waals surface area contributed by atoms with Gasteiger partial charge >= 0.3 is 0 Å². The third kappa shape index (κ3) is 3.66. The highest BCUT2D eigenvalue weighted by Crippen LogP contribution is 2.28. The van der Waals surface area contributed by atoms with Crippen molar-refractivity contribution in [1.82, 2.24) is 15.1 Å². The van der Waals surface area contributed by atoms with Gasteiger partial charge in [-0.1, -0.05) is 13.8 Å². The number of rotatable bonds is 4. The summed E-state index contributed by atoms with van der Waals surface area (Å²) in [5.74, 6) is 0.402. The Hall–Kier alpha value is -0.880. The minimum Gasteiger partial charge on any atom is -0.369 e. The molecule has 1 aliphatic heterocycles. The second kappa shape index (κ2) is 6.48. The zero-order valence-electron chi connectivity index (χ0n) is 13.3. The van der Waals surface area contributed by atoms with Crippen LogP contribution in [0.2, 0.25) is 0 Å². The van der Waals surface area contributed by atoms with Gasteiger partial charge in [0.05, 0.1) is 11.9 Å². The topological polar surface area (TPSA) is 50.2 Å². The summed E-state index contributed by atoms with van der Waals surface area (Å²) >= 11 is 3.47. The Balaban J connectivity index is 2.19. The van der Waals surface area contributed by atoms with Gasteiger partial charge in [-0.25, -0.2) is 4.68 Å². The molecule has 0 bridgehead atoms. The monoisotopic (exact) mass is 356 g/mol. The lowest BCUT2D eigenvalue weighted by Gasteiger charge is -2.40. The molecule has 1 fully saturated rings. The summed E-state index contributed by atoms with van der Waals surface area (Å²) in [6, 6.07) is 0. The Labute approximate surface area is 134 Å². The van der Waals surface area contributed by atoms with E-state index in [4.69, 9.17) is 0 Å². The average Bonchev–Trinajstić information content (AvgIpc) is 2.45. The van der Waals surface area contributed by atoms with Crippen molar-refractivity contribution >= 4 is 21.6 Å². The minimum atomic E-state index is -0.0387. The van der Waals surface area contributed by atoms with Crippen molar-refractivity contribution in [2.45, 2.75) is 45.7 Å². The van der Waals surface area contributed by atoms with Gasteiger partial charge in [0.1, 0.15) is 4.47 Å². The van der Waals surface area contributed by atoms with Gasteiger partial charge in [-0.3, -0.25) is 4.79 Å². The SMILES string of the molecule is CNC1(C)CCN(c2cnn(CC(C)C)c(=O)c2Br)CC1. The van der Waals surface area contributed by atoms with Crippen LogP contribution in [0.1, 0.15) is 33.6 Å². The third-order valence-corrected chi connectivity index (χ3v) is 5.06. The summed E-state index contributed by atoms with van der Waals surface area (Å²) in [7, 11) is 2.01. The van der Waals surface area contributed by atoms with E-state index in [2.05, 4.69) is 52.0 Å². The predicted octanol–water partition coefficient (Wildman–Crippen LogP) is 2.24. The molecule has 0 aromatic carbocycles. The van der Waals surface area contributed by atoms with Crippen LogP contribution in [0.25, 0.3) is 0 Å². The van der Waals surface area contributed by atoms with Gasteiger partial charge in [-0.15, -0.1) is 0 Å². The van der Waals surface area contributed by atoms with Gasteiger partial charge in [0, 0.05) is 25.2 Å². The van der Waals surface area contributed by atoms with Crippen LogP contribution in [-0.4, -0.2) is 35.5 Å². The maximum Gasteiger partial charge on any atom is 0.283 e. The molecule has 0 spiro atoms. The van der Waals surface area contributed by atoms with Crippen LogP contribution >= 0.6 is 15.9 Å². The zero-order valence-corrected chi connectivity index (χ0v) is 14.9. The first kappa shape index (κ1) is 16.5. The molecule has 118 valence electrons. The fourth-order valence-corrected chi connectivity index (χ4v) is 3.20. The molecule has 1 aromatic rings. The lowest BCUT2D eigenvalue weighted by molar-refractivity contribution is 0.304. The first-order valence-corrected chi connectivity index (χ1v) is 8.35. The molecule has 0 unspecified atom stereocenters. The number of halogens is 1. The lowest BCUT2D eigenvalue weighted by Crippen LogP contribution is -2.50. The van der Waals surface area contributed by atoms with Crippen molar-refractivity contribution in [2.75, 3.05) is 25.0 Å². The normalized spacial score (nSPS) is 18.3. The van der Waals surface area contributed by atoms with Crippen LogP contribution in [0, 0.1) is 5.92 Å². The van der Waals surface area contributed by atoms with Crippen molar-refractivity contribution in [2.24, 2.45) is 5.92 Å². The number of anilines is 1. The van der Waals surface area contributed by atoms with Crippen LogP contribution in [0.3, 0.4) is 0 Å². The van der Waals surface area contributed by atoms with Gasteiger partial charge in [-0.05, 0) is 48.7 Å². The van der Waals surface area contributed by atoms with Gasteiger partial charge in [0.2, 0.25) is 0 Å². The standard InChI is InChI=1S/C15H25BrN4O/c1-11(2)10-20-14(21)13(16)12(9-18-20)19-7-5-15(3,17-4)6-8-19/h9,11,17H,5-8,10H2,1-4H3. The number of piperidine rings is 1. The number of nitrogens with one attached hydrogen (secondary N) is 1. The molecular formula is C15H25BrN4O. The second-order valence-electron chi connectivity index (χ2n) is 6.52. The highest BCUT2D eigenvalue weighted by atomic mass is 79.9. The summed E-state index contributed by atoms with van der Waals surface area (Å²) in [5.41, 5.74) is 1.07. The molecule has 0 atom stereocenters. The molecule has 21 heavy (non-hydrogen) atoms. The Bertz CT molecular complexity index is 547. The van der Waals surface area contributed by atoms with E-state index < -0.39 is 0 Å². The quantitative estimate of drug-likeness (QED) is 0.898. The van der Waals surface area contributed by atoms with Crippen LogP contribution < -0.4 is 15.8 Å². The molecule has 1 N–H and O–H groups in total. The molecule has 1 saturated heterocycles. The van der Waals surface area contributed by atoms with E-state index in [9.17, 15) is 4.79 Å². The maximum absolute atomic E-state index is 12.4. The Morgan fingerprint density at radius 2 is 2.05 bits per heavy atom. The number of hydrogen-bond acceptors (Lipinski definition) is 4. The van der Waals surface area contributed by atoms with Crippen LogP contribution in [-0.2, 0) is 6.54 Å². The first-order chi connectivity index (χ1) is 9.86. The first-order valence-electron chi connectivity index (χ1n) is 7.56. The molecule has 0 amide bonds. The van der Waals surface area contributed by atoms with E-state index in [1.807, 2.05) is 13.2 Å². The molecule has 1 aromatic heterocycles. The van der Waals surface area contributed by atoms with E-state index in [-0.39, 0.29) is 11.1 Å². The predicted molar refractivity (Wildman–Crippen MR) is 89.9 cm³/mol. The second-order valence-corrected chi connectivity index (χ2v) is 7.32. The van der Waals surface area contributed by atoms with Crippen molar-refractivity contribution in [3.63, 3.8) is 0 Å². The van der Waals surface area contributed by atoms with E-state index in [1.165, 1.54) is 0 Å². The smallest absolute Gasteiger partial charge is 0.283 e. The summed E-state index contributed by atoms with van der Waals surface area (Å²) in [5, 5.41) is 7.72. The molecule has 0 aliphatic carbocycles. The Morgan fingerprint density at radius 3 is 2.57 bits per heavy atom. The zero-order chi connectivity index (χ0) is 15.6. The van der Waals surface area contributed by atoms with Gasteiger partial charge < -0.3 is 10.2 Å². The molecule has 6 heteroatoms. The van der Waals surface area contributed by atoms with Gasteiger partial charge in [0.25, 0.3) is 5.56 Å². The van der Waals surface area contributed by atoms with E-state index in [1.54, 1.807) is 4.68 Å². The van der Waals surface area contributed by atoms with Crippen molar-refractivity contribution < 1.29 is 0 Å². The van der Waals surface area contributed by atoms with E-state index >= 15 is 0 Å². The van der Waals surface area contributed by atoms with E-state index in [0.29, 0.717) is 16.9 Å². The fourth-order valence-electron chi connectivity index (χ4n) is 2.64. The molecular weight excluding hydrogens is 332 g/mol. The Morgan fingerprint density at radius 1 is 1.43 bits per heavy atom. The largest absolute Gasteiger partial charge is 0.369 e. The summed E-state index contributed by atoms with van der Waals surface area (Å²) in [6.45, 7) is 8.93. The van der Waals surface area contributed by atoms with Gasteiger partial charge in [-0.2, -0.15) is 5.10 Å². The highest BCUT2D eigenvalue weighted by Gasteiger charge is 2.29. The molecule has 0 radical (unpaired) electrons. The molecule has 2 rings (SSSR count). The maximum atomic E-state index is 12.4. The van der Waals surface area contributed by atoms with Crippen LogP contribution in [0.4, 0.5) is 5.69 Å². The summed E-state index contributed by atoms with van der Waals surface area (Å²) in [6.07, 6.45) is 3.94. The minimum absolute atomic E-state index is 0.0387. The third-order valence-electron chi connectivity index (χ3n) is 4.32.